The van der Waals surface area contributed by atoms with Gasteiger partial charge in [0.15, 0.2) is 0 Å². The number of carbonyl (C=O) groups is 2. The van der Waals surface area contributed by atoms with Crippen molar-refractivity contribution in [1.29, 1.82) is 0 Å². The molecule has 0 bridgehead atoms. The Balaban J connectivity index is 2.23. The number of hydrogen-bond donors (Lipinski definition) is 2. The fourth-order valence-electron chi connectivity index (χ4n) is 1.57. The molecule has 0 radical (unpaired) electrons. The smallest absolute Gasteiger partial charge is 0.328 e. The first-order valence-electron chi connectivity index (χ1n) is 5.72. The molecule has 108 valence electrons. The third kappa shape index (κ3) is 3.90. The largest absolute Gasteiger partial charge is 0.478 e. The summed E-state index contributed by atoms with van der Waals surface area (Å²) < 4.78 is 13.1. The van der Waals surface area contributed by atoms with Gasteiger partial charge in [-0.05, 0) is 41.3 Å². The molecule has 0 spiro atoms. The van der Waals surface area contributed by atoms with Crippen molar-refractivity contribution < 1.29 is 19.1 Å². The molecule has 0 fully saturated rings. The number of benzene rings is 1. The van der Waals surface area contributed by atoms with Gasteiger partial charge >= 0.3 is 5.97 Å². The van der Waals surface area contributed by atoms with Gasteiger partial charge in [0.05, 0.1) is 15.6 Å². The van der Waals surface area contributed by atoms with Crippen molar-refractivity contribution in [2.75, 3.05) is 5.32 Å². The Kier molecular flexibility index (Phi) is 4.72. The second-order valence-corrected chi connectivity index (χ2v) is 5.28. The summed E-state index contributed by atoms with van der Waals surface area (Å²) in [7, 11) is 0. The molecule has 0 aliphatic rings. The van der Waals surface area contributed by atoms with Crippen LogP contribution in [0.4, 0.5) is 10.1 Å². The normalized spacial score (nSPS) is 10.8. The van der Waals surface area contributed by atoms with Crippen molar-refractivity contribution in [3.05, 3.63) is 57.0 Å². The van der Waals surface area contributed by atoms with E-state index in [0.717, 1.165) is 23.5 Å². The number of nitrogens with one attached hydrogen (secondary N) is 1. The molecule has 0 saturated heterocycles. The number of amides is 1. The fraction of sp³-hybridized carbons (Fsp3) is 0. The number of carboxylic acid groups (broad SMARTS) is 1. The third-order valence-corrected chi connectivity index (χ3v) is 3.74. The number of halogens is 2. The van der Waals surface area contributed by atoms with Crippen LogP contribution in [0.3, 0.4) is 0 Å². The van der Waals surface area contributed by atoms with Crippen LogP contribution in [-0.4, -0.2) is 17.0 Å². The second-order valence-electron chi connectivity index (χ2n) is 3.95. The monoisotopic (exact) mass is 325 g/mol. The Morgan fingerprint density at radius 3 is 2.81 bits per heavy atom. The van der Waals surface area contributed by atoms with Crippen LogP contribution in [0.5, 0.6) is 0 Å². The second kappa shape index (κ2) is 6.51. The summed E-state index contributed by atoms with van der Waals surface area (Å²) in [6.45, 7) is 0. The number of thiophene rings is 1. The van der Waals surface area contributed by atoms with E-state index in [1.807, 2.05) is 0 Å². The highest BCUT2D eigenvalue weighted by molar-refractivity contribution is 7.12. The lowest BCUT2D eigenvalue weighted by Gasteiger charge is -2.06. The highest BCUT2D eigenvalue weighted by atomic mass is 35.5. The molecule has 2 N–H and O–H groups in total. The van der Waals surface area contributed by atoms with E-state index in [0.29, 0.717) is 10.4 Å². The molecule has 2 rings (SSSR count). The average molecular weight is 326 g/mol. The van der Waals surface area contributed by atoms with Gasteiger partial charge in [0.25, 0.3) is 5.91 Å². The van der Waals surface area contributed by atoms with Gasteiger partial charge in [0.1, 0.15) is 5.82 Å². The summed E-state index contributed by atoms with van der Waals surface area (Å²) in [5.74, 6) is -2.12. The molecule has 1 amide bonds. The molecule has 0 aliphatic carbocycles. The molecule has 1 heterocycles. The molecule has 0 saturated carbocycles. The predicted octanol–water partition coefficient (Wildman–Crippen LogP) is 3.89. The maximum atomic E-state index is 13.1. The van der Waals surface area contributed by atoms with Crippen molar-refractivity contribution >= 4 is 46.6 Å². The van der Waals surface area contributed by atoms with E-state index < -0.39 is 17.7 Å². The number of rotatable bonds is 4. The molecule has 0 unspecified atom stereocenters. The Hall–Kier alpha value is -2.18. The van der Waals surface area contributed by atoms with Gasteiger partial charge in [-0.1, -0.05) is 11.6 Å². The third-order valence-electron chi connectivity index (χ3n) is 2.48. The number of carbonyl (C=O) groups excluding carboxylic acids is 1. The van der Waals surface area contributed by atoms with Gasteiger partial charge in [0, 0.05) is 6.08 Å². The van der Waals surface area contributed by atoms with E-state index in [-0.39, 0.29) is 10.7 Å². The van der Waals surface area contributed by atoms with E-state index in [1.54, 1.807) is 11.4 Å². The number of hydrogen-bond acceptors (Lipinski definition) is 3. The number of aliphatic carboxylic acids is 1. The van der Waals surface area contributed by atoms with E-state index in [1.165, 1.54) is 18.2 Å². The Morgan fingerprint density at radius 2 is 2.10 bits per heavy atom. The summed E-state index contributed by atoms with van der Waals surface area (Å²) in [5.41, 5.74) is 0.621. The first-order valence-corrected chi connectivity index (χ1v) is 6.98. The van der Waals surface area contributed by atoms with Gasteiger partial charge in [-0.3, -0.25) is 4.79 Å². The van der Waals surface area contributed by atoms with Crippen molar-refractivity contribution in [1.82, 2.24) is 0 Å². The Labute approximate surface area is 128 Å². The van der Waals surface area contributed by atoms with Gasteiger partial charge in [-0.25, -0.2) is 9.18 Å². The van der Waals surface area contributed by atoms with Crippen molar-refractivity contribution in [3.8, 4) is 0 Å². The minimum Gasteiger partial charge on any atom is -0.478 e. The van der Waals surface area contributed by atoms with Crippen LogP contribution >= 0.6 is 22.9 Å². The Morgan fingerprint density at radius 1 is 1.33 bits per heavy atom. The highest BCUT2D eigenvalue weighted by Gasteiger charge is 2.14. The quantitative estimate of drug-likeness (QED) is 0.838. The van der Waals surface area contributed by atoms with Crippen LogP contribution in [0.25, 0.3) is 6.08 Å². The first-order chi connectivity index (χ1) is 9.97. The molecule has 0 aliphatic heterocycles. The van der Waals surface area contributed by atoms with Crippen LogP contribution in [0, 0.1) is 5.82 Å². The molecule has 21 heavy (non-hydrogen) atoms. The molecular formula is C14H9ClFNO3S. The lowest BCUT2D eigenvalue weighted by molar-refractivity contribution is -0.131. The zero-order valence-electron chi connectivity index (χ0n) is 10.5. The van der Waals surface area contributed by atoms with E-state index >= 15 is 0 Å². The van der Waals surface area contributed by atoms with Gasteiger partial charge in [-0.15, -0.1) is 11.3 Å². The van der Waals surface area contributed by atoms with Gasteiger partial charge in [0.2, 0.25) is 0 Å². The summed E-state index contributed by atoms with van der Waals surface area (Å²) in [4.78, 5) is 23.0. The topological polar surface area (TPSA) is 66.4 Å². The zero-order valence-corrected chi connectivity index (χ0v) is 12.0. The maximum Gasteiger partial charge on any atom is 0.328 e. The molecule has 2 aromatic rings. The Bertz CT molecular complexity index is 727. The average Bonchev–Trinajstić information content (AvgIpc) is 2.89. The molecule has 7 heteroatoms. The number of carboxylic acids is 1. The zero-order chi connectivity index (χ0) is 15.4. The summed E-state index contributed by atoms with van der Waals surface area (Å²) in [6.07, 6.45) is 2.26. The lowest BCUT2D eigenvalue weighted by Crippen LogP contribution is -2.12. The SMILES string of the molecule is O=C(O)/C=C/c1ccsc1C(=O)Nc1cc(F)ccc1Cl. The molecule has 0 atom stereocenters. The van der Waals surface area contributed by atoms with Crippen LogP contribution in [0.1, 0.15) is 15.2 Å². The summed E-state index contributed by atoms with van der Waals surface area (Å²) in [5, 5.41) is 13.0. The standard InChI is InChI=1S/C14H9ClFNO3S/c15-10-3-2-9(16)7-11(10)17-14(20)13-8(5-6-21-13)1-4-12(18)19/h1-7H,(H,17,20)(H,18,19)/b4-1+. The van der Waals surface area contributed by atoms with Crippen molar-refractivity contribution in [3.63, 3.8) is 0 Å². The van der Waals surface area contributed by atoms with E-state index in [4.69, 9.17) is 16.7 Å². The summed E-state index contributed by atoms with van der Waals surface area (Å²) >= 11 is 7.02. The maximum absolute atomic E-state index is 13.1. The van der Waals surface area contributed by atoms with E-state index in [9.17, 15) is 14.0 Å². The first kappa shape index (κ1) is 15.2. The lowest BCUT2D eigenvalue weighted by atomic mass is 10.2. The van der Waals surface area contributed by atoms with E-state index in [2.05, 4.69) is 5.32 Å². The molecule has 1 aromatic carbocycles. The minimum absolute atomic E-state index is 0.156. The van der Waals surface area contributed by atoms with Crippen molar-refractivity contribution in [2.45, 2.75) is 0 Å². The molecular weight excluding hydrogens is 317 g/mol. The van der Waals surface area contributed by atoms with Crippen LogP contribution in [-0.2, 0) is 4.79 Å². The number of anilines is 1. The minimum atomic E-state index is -1.11. The fourth-order valence-corrected chi connectivity index (χ4v) is 2.51. The molecule has 4 nitrogen and oxygen atoms in total. The van der Waals surface area contributed by atoms with Crippen LogP contribution in [0.15, 0.2) is 35.7 Å². The predicted molar refractivity (Wildman–Crippen MR) is 80.4 cm³/mol. The highest BCUT2D eigenvalue weighted by Crippen LogP contribution is 2.25. The van der Waals surface area contributed by atoms with Crippen LogP contribution in [0.2, 0.25) is 5.02 Å². The van der Waals surface area contributed by atoms with Gasteiger partial charge in [-0.2, -0.15) is 0 Å². The van der Waals surface area contributed by atoms with Gasteiger partial charge < -0.3 is 10.4 Å². The van der Waals surface area contributed by atoms with Crippen molar-refractivity contribution in [2.24, 2.45) is 0 Å². The molecule has 1 aromatic heterocycles. The summed E-state index contributed by atoms with van der Waals surface area (Å²) in [6, 6.07) is 5.25. The van der Waals surface area contributed by atoms with Crippen LogP contribution < -0.4 is 5.32 Å².